The van der Waals surface area contributed by atoms with Crippen LogP contribution in [0, 0.1) is 5.82 Å². The lowest BCUT2D eigenvalue weighted by Crippen LogP contribution is -2.55. The minimum absolute atomic E-state index is 0.200. The number of para-hydroxylation sites is 1. The molecule has 1 aromatic carbocycles. The summed E-state index contributed by atoms with van der Waals surface area (Å²) in [5, 5.41) is 2.64. The van der Waals surface area contributed by atoms with Gasteiger partial charge < -0.3 is 19.9 Å². The fourth-order valence-corrected chi connectivity index (χ4v) is 3.12. The van der Waals surface area contributed by atoms with Crippen LogP contribution in [0.5, 0.6) is 0 Å². The number of ether oxygens (including phenoxy) is 1. The molecule has 2 aliphatic heterocycles. The van der Waals surface area contributed by atoms with Gasteiger partial charge in [0, 0.05) is 26.1 Å². The van der Waals surface area contributed by atoms with Crippen molar-refractivity contribution in [3.8, 4) is 0 Å². The number of halogens is 1. The molecule has 2 heterocycles. The predicted octanol–water partition coefficient (Wildman–Crippen LogP) is 2.59. The van der Waals surface area contributed by atoms with Crippen LogP contribution in [-0.4, -0.2) is 48.2 Å². The maximum atomic E-state index is 14.0. The first-order valence-corrected chi connectivity index (χ1v) is 8.07. The van der Waals surface area contributed by atoms with Crippen molar-refractivity contribution in [2.75, 3.05) is 29.9 Å². The highest BCUT2D eigenvalue weighted by Gasteiger charge is 2.36. The summed E-state index contributed by atoms with van der Waals surface area (Å²) >= 11 is 0. The predicted molar refractivity (Wildman–Crippen MR) is 88.6 cm³/mol. The third-order valence-corrected chi connectivity index (χ3v) is 4.12. The highest BCUT2D eigenvalue weighted by atomic mass is 19.1. The van der Waals surface area contributed by atoms with Crippen LogP contribution < -0.4 is 10.2 Å². The topological polar surface area (TPSA) is 61.9 Å². The van der Waals surface area contributed by atoms with Gasteiger partial charge in [0.2, 0.25) is 5.91 Å². The molecule has 130 valence electrons. The number of amides is 2. The van der Waals surface area contributed by atoms with Gasteiger partial charge in [-0.3, -0.25) is 4.79 Å². The fraction of sp³-hybridized carbons (Fsp3) is 0.529. The number of piperazine rings is 1. The van der Waals surface area contributed by atoms with Crippen molar-refractivity contribution in [3.05, 3.63) is 24.0 Å². The van der Waals surface area contributed by atoms with E-state index in [9.17, 15) is 14.0 Å². The zero-order valence-corrected chi connectivity index (χ0v) is 14.1. The standard InChI is InChI=1S/C17H22FN3O3/c1-17(2,3)24-16(23)20-7-8-21-11(10-20)9-14(22)19-15-12(18)5-4-6-13(15)21/h4-6,11H,7-10H2,1-3H3,(H,19,22). The number of carbonyl (C=O) groups excluding carboxylic acids is 2. The average Bonchev–Trinajstić information content (AvgIpc) is 2.61. The Hall–Kier alpha value is -2.31. The Morgan fingerprint density at radius 2 is 2.08 bits per heavy atom. The van der Waals surface area contributed by atoms with Crippen LogP contribution in [0.3, 0.4) is 0 Å². The van der Waals surface area contributed by atoms with Gasteiger partial charge in [0.25, 0.3) is 0 Å². The Bertz CT molecular complexity index is 672. The number of rotatable bonds is 0. The number of nitrogens with zero attached hydrogens (tertiary/aromatic N) is 2. The largest absolute Gasteiger partial charge is 0.444 e. The first kappa shape index (κ1) is 16.5. The Morgan fingerprint density at radius 3 is 2.79 bits per heavy atom. The van der Waals surface area contributed by atoms with Gasteiger partial charge in [0.15, 0.2) is 0 Å². The van der Waals surface area contributed by atoms with Crippen molar-refractivity contribution in [1.82, 2.24) is 4.90 Å². The van der Waals surface area contributed by atoms with E-state index in [1.165, 1.54) is 6.07 Å². The number of fused-ring (bicyclic) bond motifs is 3. The fourth-order valence-electron chi connectivity index (χ4n) is 3.12. The van der Waals surface area contributed by atoms with E-state index in [0.29, 0.717) is 25.3 Å². The second-order valence-corrected chi connectivity index (χ2v) is 7.16. The molecule has 3 rings (SSSR count). The number of anilines is 2. The normalized spacial score (nSPS) is 20.7. The van der Waals surface area contributed by atoms with E-state index in [2.05, 4.69) is 5.32 Å². The van der Waals surface area contributed by atoms with E-state index < -0.39 is 11.4 Å². The number of nitrogens with one attached hydrogen (secondary N) is 1. The summed E-state index contributed by atoms with van der Waals surface area (Å²) in [6.07, 6.45) is -0.181. The van der Waals surface area contributed by atoms with Crippen LogP contribution in [-0.2, 0) is 9.53 Å². The van der Waals surface area contributed by atoms with Gasteiger partial charge in [-0.25, -0.2) is 9.18 Å². The van der Waals surface area contributed by atoms with Crippen LogP contribution >= 0.6 is 0 Å². The maximum absolute atomic E-state index is 14.0. The average molecular weight is 335 g/mol. The van der Waals surface area contributed by atoms with Crippen LogP contribution in [0.25, 0.3) is 0 Å². The quantitative estimate of drug-likeness (QED) is 0.792. The summed E-state index contributed by atoms with van der Waals surface area (Å²) < 4.78 is 19.5. The number of hydrogen-bond donors (Lipinski definition) is 1. The van der Waals surface area contributed by atoms with Gasteiger partial charge in [0.1, 0.15) is 17.1 Å². The van der Waals surface area contributed by atoms with E-state index in [0.717, 1.165) is 0 Å². The molecular formula is C17H22FN3O3. The molecule has 2 amide bonds. The zero-order valence-electron chi connectivity index (χ0n) is 14.1. The maximum Gasteiger partial charge on any atom is 0.410 e. The molecule has 0 aromatic heterocycles. The Balaban J connectivity index is 1.82. The minimum Gasteiger partial charge on any atom is -0.444 e. The molecule has 1 unspecified atom stereocenters. The molecule has 6 nitrogen and oxygen atoms in total. The van der Waals surface area contributed by atoms with E-state index >= 15 is 0 Å². The van der Waals surface area contributed by atoms with Gasteiger partial charge in [-0.15, -0.1) is 0 Å². The molecule has 1 fully saturated rings. The second kappa shape index (κ2) is 5.96. The lowest BCUT2D eigenvalue weighted by molar-refractivity contribution is -0.116. The van der Waals surface area contributed by atoms with Gasteiger partial charge in [0.05, 0.1) is 11.7 Å². The summed E-state index contributed by atoms with van der Waals surface area (Å²) in [4.78, 5) is 28.0. The Morgan fingerprint density at radius 1 is 1.33 bits per heavy atom. The molecular weight excluding hydrogens is 313 g/mol. The molecule has 0 aliphatic carbocycles. The second-order valence-electron chi connectivity index (χ2n) is 7.16. The number of carbonyl (C=O) groups is 2. The lowest BCUT2D eigenvalue weighted by Gasteiger charge is -2.42. The van der Waals surface area contributed by atoms with Crippen LogP contribution in [0.1, 0.15) is 27.2 Å². The van der Waals surface area contributed by atoms with Crippen LogP contribution in [0.4, 0.5) is 20.6 Å². The molecule has 1 saturated heterocycles. The Labute approximate surface area is 140 Å². The lowest BCUT2D eigenvalue weighted by atomic mass is 10.1. The molecule has 1 atom stereocenters. The molecule has 0 spiro atoms. The molecule has 0 saturated carbocycles. The zero-order chi connectivity index (χ0) is 17.5. The van der Waals surface area contributed by atoms with Crippen LogP contribution in [0.15, 0.2) is 18.2 Å². The molecule has 0 radical (unpaired) electrons. The van der Waals surface area contributed by atoms with E-state index in [4.69, 9.17) is 4.74 Å². The molecule has 7 heteroatoms. The van der Waals surface area contributed by atoms with Crippen molar-refractivity contribution < 1.29 is 18.7 Å². The third-order valence-electron chi connectivity index (χ3n) is 4.12. The van der Waals surface area contributed by atoms with Crippen molar-refractivity contribution in [1.29, 1.82) is 0 Å². The molecule has 0 bridgehead atoms. The smallest absolute Gasteiger partial charge is 0.410 e. The van der Waals surface area contributed by atoms with Gasteiger partial charge in [-0.2, -0.15) is 0 Å². The first-order valence-electron chi connectivity index (χ1n) is 8.07. The van der Waals surface area contributed by atoms with Crippen molar-refractivity contribution in [2.24, 2.45) is 0 Å². The van der Waals surface area contributed by atoms with Crippen molar-refractivity contribution in [3.63, 3.8) is 0 Å². The Kier molecular flexibility index (Phi) is 4.11. The van der Waals surface area contributed by atoms with Gasteiger partial charge >= 0.3 is 6.09 Å². The SMILES string of the molecule is CC(C)(C)OC(=O)N1CCN2c3cccc(F)c3NC(=O)CC2C1. The highest BCUT2D eigenvalue weighted by molar-refractivity contribution is 5.97. The van der Waals surface area contributed by atoms with Crippen molar-refractivity contribution in [2.45, 2.75) is 38.8 Å². The third kappa shape index (κ3) is 3.29. The monoisotopic (exact) mass is 335 g/mol. The van der Waals surface area contributed by atoms with E-state index in [1.807, 2.05) is 25.7 Å². The summed E-state index contributed by atoms with van der Waals surface area (Å²) in [5.74, 6) is -0.698. The molecule has 1 N–H and O–H groups in total. The number of hydrogen-bond acceptors (Lipinski definition) is 4. The molecule has 2 aliphatic rings. The summed E-state index contributed by atoms with van der Waals surface area (Å²) in [5.41, 5.74) is 0.315. The summed E-state index contributed by atoms with van der Waals surface area (Å²) in [7, 11) is 0. The van der Waals surface area contributed by atoms with E-state index in [1.54, 1.807) is 17.0 Å². The summed E-state index contributed by atoms with van der Waals surface area (Å²) in [6.45, 7) is 6.82. The highest BCUT2D eigenvalue weighted by Crippen LogP contribution is 2.35. The van der Waals surface area contributed by atoms with Gasteiger partial charge in [-0.1, -0.05) is 6.07 Å². The molecule has 24 heavy (non-hydrogen) atoms. The number of benzene rings is 1. The van der Waals surface area contributed by atoms with Crippen LogP contribution in [0.2, 0.25) is 0 Å². The van der Waals surface area contributed by atoms with Crippen molar-refractivity contribution >= 4 is 23.4 Å². The first-order chi connectivity index (χ1) is 11.2. The minimum atomic E-state index is -0.565. The van der Waals surface area contributed by atoms with E-state index in [-0.39, 0.29) is 30.2 Å². The summed E-state index contributed by atoms with van der Waals surface area (Å²) in [6, 6.07) is 4.55. The van der Waals surface area contributed by atoms with Gasteiger partial charge in [-0.05, 0) is 32.9 Å². The molecule has 1 aromatic rings.